The summed E-state index contributed by atoms with van der Waals surface area (Å²) >= 11 is 11.6. The lowest BCUT2D eigenvalue weighted by Gasteiger charge is -2.03. The molecule has 1 rings (SSSR count). The molecule has 0 atom stereocenters. The van der Waals surface area contributed by atoms with E-state index in [1.807, 2.05) is 5.32 Å². The number of carbonyl (C=O) groups is 1. The van der Waals surface area contributed by atoms with Crippen molar-refractivity contribution in [1.82, 2.24) is 5.32 Å². The van der Waals surface area contributed by atoms with Crippen LogP contribution in [0.25, 0.3) is 0 Å². The summed E-state index contributed by atoms with van der Waals surface area (Å²) in [4.78, 5) is 11.0. The SMILES string of the molecule is N#CNC(=O)Cc1cccc(Cl)c1Cl. The average molecular weight is 229 g/mol. The first-order chi connectivity index (χ1) is 6.65. The van der Waals surface area contributed by atoms with Crippen molar-refractivity contribution in [2.45, 2.75) is 6.42 Å². The van der Waals surface area contributed by atoms with Gasteiger partial charge in [-0.05, 0) is 11.6 Å². The first-order valence-corrected chi connectivity index (χ1v) is 4.51. The molecule has 3 nitrogen and oxygen atoms in total. The molecular formula is C9H6Cl2N2O. The summed E-state index contributed by atoms with van der Waals surface area (Å²) in [5, 5.41) is 10.9. The second-order valence-corrected chi connectivity index (χ2v) is 3.33. The molecule has 0 spiro atoms. The van der Waals surface area contributed by atoms with Crippen LogP contribution in [0, 0.1) is 11.5 Å². The molecule has 0 bridgehead atoms. The molecule has 0 unspecified atom stereocenters. The van der Waals surface area contributed by atoms with E-state index in [9.17, 15) is 4.79 Å². The number of benzene rings is 1. The summed E-state index contributed by atoms with van der Waals surface area (Å²) in [7, 11) is 0. The number of hydrogen-bond donors (Lipinski definition) is 1. The average Bonchev–Trinajstić information content (AvgIpc) is 2.13. The lowest BCUT2D eigenvalue weighted by Crippen LogP contribution is -2.19. The Balaban J connectivity index is 2.83. The number of hydrogen-bond acceptors (Lipinski definition) is 2. The van der Waals surface area contributed by atoms with Crippen molar-refractivity contribution in [3.8, 4) is 6.19 Å². The van der Waals surface area contributed by atoms with E-state index in [-0.39, 0.29) is 6.42 Å². The van der Waals surface area contributed by atoms with Crippen LogP contribution in [0.5, 0.6) is 0 Å². The molecule has 0 saturated heterocycles. The molecular weight excluding hydrogens is 223 g/mol. The molecule has 0 radical (unpaired) electrons. The predicted molar refractivity (Wildman–Crippen MR) is 53.9 cm³/mol. The van der Waals surface area contributed by atoms with E-state index >= 15 is 0 Å². The maximum Gasteiger partial charge on any atom is 0.237 e. The summed E-state index contributed by atoms with van der Waals surface area (Å²) in [6.07, 6.45) is 1.59. The van der Waals surface area contributed by atoms with E-state index in [0.717, 1.165) is 0 Å². The third-order valence-electron chi connectivity index (χ3n) is 1.58. The lowest BCUT2D eigenvalue weighted by molar-refractivity contribution is -0.119. The van der Waals surface area contributed by atoms with Crippen LogP contribution in [0.4, 0.5) is 0 Å². The van der Waals surface area contributed by atoms with Gasteiger partial charge in [-0.25, -0.2) is 0 Å². The molecule has 1 N–H and O–H groups in total. The van der Waals surface area contributed by atoms with Gasteiger partial charge in [-0.2, -0.15) is 5.26 Å². The van der Waals surface area contributed by atoms with Gasteiger partial charge in [-0.3, -0.25) is 10.1 Å². The van der Waals surface area contributed by atoms with Gasteiger partial charge in [-0.15, -0.1) is 0 Å². The van der Waals surface area contributed by atoms with Gasteiger partial charge in [0, 0.05) is 0 Å². The summed E-state index contributed by atoms with van der Waals surface area (Å²) in [6, 6.07) is 5.02. The van der Waals surface area contributed by atoms with Crippen LogP contribution >= 0.6 is 23.2 Å². The number of rotatable bonds is 2. The number of nitriles is 1. The Morgan fingerprint density at radius 1 is 1.50 bits per heavy atom. The second-order valence-electron chi connectivity index (χ2n) is 2.55. The Morgan fingerprint density at radius 3 is 2.86 bits per heavy atom. The Bertz CT molecular complexity index is 398. The third-order valence-corrected chi connectivity index (χ3v) is 2.44. The fourth-order valence-electron chi connectivity index (χ4n) is 0.965. The highest BCUT2D eigenvalue weighted by Gasteiger charge is 2.08. The highest BCUT2D eigenvalue weighted by Crippen LogP contribution is 2.25. The van der Waals surface area contributed by atoms with Crippen LogP contribution in [0.3, 0.4) is 0 Å². The van der Waals surface area contributed by atoms with Gasteiger partial charge in [-0.1, -0.05) is 35.3 Å². The van der Waals surface area contributed by atoms with E-state index in [4.69, 9.17) is 28.5 Å². The van der Waals surface area contributed by atoms with Crippen molar-refractivity contribution in [1.29, 1.82) is 5.26 Å². The number of amides is 1. The van der Waals surface area contributed by atoms with Crippen LogP contribution in [0.2, 0.25) is 10.0 Å². The third kappa shape index (κ3) is 2.63. The van der Waals surface area contributed by atoms with E-state index in [2.05, 4.69) is 0 Å². The van der Waals surface area contributed by atoms with Crippen LogP contribution in [-0.4, -0.2) is 5.91 Å². The minimum Gasteiger partial charge on any atom is -0.274 e. The van der Waals surface area contributed by atoms with Gasteiger partial charge < -0.3 is 0 Å². The molecule has 0 aliphatic rings. The molecule has 0 aliphatic heterocycles. The predicted octanol–water partition coefficient (Wildman–Crippen LogP) is 2.13. The molecule has 1 amide bonds. The molecule has 0 saturated carbocycles. The number of halogens is 2. The van der Waals surface area contributed by atoms with Crippen molar-refractivity contribution >= 4 is 29.1 Å². The van der Waals surface area contributed by atoms with Crippen molar-refractivity contribution in [3.63, 3.8) is 0 Å². The van der Waals surface area contributed by atoms with Crippen LogP contribution in [-0.2, 0) is 11.2 Å². The molecule has 0 aromatic heterocycles. The van der Waals surface area contributed by atoms with Gasteiger partial charge >= 0.3 is 0 Å². The Labute approximate surface area is 91.2 Å². The monoisotopic (exact) mass is 228 g/mol. The minimum atomic E-state index is -0.406. The largest absolute Gasteiger partial charge is 0.274 e. The zero-order valence-electron chi connectivity index (χ0n) is 7.05. The standard InChI is InChI=1S/C9H6Cl2N2O/c10-7-3-1-2-6(9(7)11)4-8(14)13-5-12/h1-3H,4H2,(H,13,14). The molecule has 1 aromatic rings. The Hall–Kier alpha value is -1.24. The number of nitrogens with one attached hydrogen (secondary N) is 1. The molecule has 1 aromatic carbocycles. The smallest absolute Gasteiger partial charge is 0.237 e. The summed E-state index contributed by atoms with van der Waals surface area (Å²) in [5.74, 6) is -0.406. The molecule has 5 heteroatoms. The summed E-state index contributed by atoms with van der Waals surface area (Å²) in [6.45, 7) is 0. The van der Waals surface area contributed by atoms with Crippen molar-refractivity contribution in [2.24, 2.45) is 0 Å². The molecule has 14 heavy (non-hydrogen) atoms. The van der Waals surface area contributed by atoms with Crippen molar-refractivity contribution in [2.75, 3.05) is 0 Å². The number of carbonyl (C=O) groups excluding carboxylic acids is 1. The van der Waals surface area contributed by atoms with E-state index < -0.39 is 5.91 Å². The summed E-state index contributed by atoms with van der Waals surface area (Å²) < 4.78 is 0. The lowest BCUT2D eigenvalue weighted by atomic mass is 10.1. The maximum atomic E-state index is 11.0. The van der Waals surface area contributed by atoms with Crippen molar-refractivity contribution in [3.05, 3.63) is 33.8 Å². The topological polar surface area (TPSA) is 52.9 Å². The Morgan fingerprint density at radius 2 is 2.21 bits per heavy atom. The molecule has 0 heterocycles. The fraction of sp³-hybridized carbons (Fsp3) is 0.111. The van der Waals surface area contributed by atoms with Crippen LogP contribution in [0.15, 0.2) is 18.2 Å². The summed E-state index contributed by atoms with van der Waals surface area (Å²) in [5.41, 5.74) is 0.604. The molecule has 0 aliphatic carbocycles. The van der Waals surface area contributed by atoms with Gasteiger partial charge in [0.25, 0.3) is 0 Å². The van der Waals surface area contributed by atoms with Gasteiger partial charge in [0.1, 0.15) is 0 Å². The second kappa shape index (κ2) is 4.85. The van der Waals surface area contributed by atoms with Crippen LogP contribution in [0.1, 0.15) is 5.56 Å². The van der Waals surface area contributed by atoms with E-state index in [0.29, 0.717) is 15.6 Å². The van der Waals surface area contributed by atoms with Gasteiger partial charge in [0.2, 0.25) is 5.91 Å². The highest BCUT2D eigenvalue weighted by molar-refractivity contribution is 6.42. The molecule has 0 fully saturated rings. The first kappa shape index (κ1) is 10.8. The first-order valence-electron chi connectivity index (χ1n) is 3.76. The van der Waals surface area contributed by atoms with E-state index in [1.165, 1.54) is 0 Å². The normalized spacial score (nSPS) is 9.21. The van der Waals surface area contributed by atoms with Gasteiger partial charge in [0.15, 0.2) is 6.19 Å². The quantitative estimate of drug-likeness (QED) is 0.623. The fourth-order valence-corrected chi connectivity index (χ4v) is 1.35. The van der Waals surface area contributed by atoms with E-state index in [1.54, 1.807) is 24.4 Å². The van der Waals surface area contributed by atoms with Crippen molar-refractivity contribution < 1.29 is 4.79 Å². The van der Waals surface area contributed by atoms with Crippen LogP contribution < -0.4 is 5.32 Å². The maximum absolute atomic E-state index is 11.0. The van der Waals surface area contributed by atoms with Gasteiger partial charge in [0.05, 0.1) is 16.5 Å². The minimum absolute atomic E-state index is 0.0486. The highest BCUT2D eigenvalue weighted by atomic mass is 35.5. The zero-order valence-corrected chi connectivity index (χ0v) is 8.56. The zero-order chi connectivity index (χ0) is 10.6. The molecule has 72 valence electrons. The Kier molecular flexibility index (Phi) is 3.75. The number of nitrogens with zero attached hydrogens (tertiary/aromatic N) is 1.